The van der Waals surface area contributed by atoms with Gasteiger partial charge in [0.05, 0.1) is 0 Å². The quantitative estimate of drug-likeness (QED) is 0.529. The molecular weight excluding hydrogens is 438 g/mol. The monoisotopic (exact) mass is 470 g/mol. The SMILES string of the molecule is CC1=[C-]C(C)(C)C(C)=C1C.CCC1=[C-]C(C2CCCCC2)=CC1.[Cl-].[Cl-].[Zr+4]. The van der Waals surface area contributed by atoms with Crippen molar-refractivity contribution in [1.29, 1.82) is 0 Å². The predicted octanol–water partition coefficient (Wildman–Crippen LogP) is 1.15. The zero-order valence-corrected chi connectivity index (χ0v) is 21.3. The third kappa shape index (κ3) is 7.45. The van der Waals surface area contributed by atoms with Gasteiger partial charge in [0.15, 0.2) is 0 Å². The average molecular weight is 473 g/mol. The number of allylic oxidation sites excluding steroid dienone is 8. The summed E-state index contributed by atoms with van der Waals surface area (Å²) in [6.07, 6.45) is 19.0. The van der Waals surface area contributed by atoms with Gasteiger partial charge in [-0.1, -0.05) is 72.1 Å². The molecule has 3 rings (SSSR count). The van der Waals surface area contributed by atoms with E-state index in [0.717, 1.165) is 5.92 Å². The molecule has 0 amide bonds. The first-order chi connectivity index (χ1) is 10.8. The third-order valence-corrected chi connectivity index (χ3v) is 5.92. The summed E-state index contributed by atoms with van der Waals surface area (Å²) in [5.41, 5.74) is 7.45. The molecule has 1 saturated carbocycles. The van der Waals surface area contributed by atoms with Gasteiger partial charge in [-0.2, -0.15) is 16.7 Å². The van der Waals surface area contributed by atoms with Crippen LogP contribution in [0.25, 0.3) is 0 Å². The van der Waals surface area contributed by atoms with Gasteiger partial charge < -0.3 is 24.8 Å². The fraction of sp³-hybridized carbons (Fsp3) is 0.652. The van der Waals surface area contributed by atoms with E-state index in [1.807, 2.05) is 0 Å². The van der Waals surface area contributed by atoms with Gasteiger partial charge in [-0.05, 0) is 18.8 Å². The van der Waals surface area contributed by atoms with E-state index in [0.29, 0.717) is 0 Å². The van der Waals surface area contributed by atoms with Crippen LogP contribution < -0.4 is 24.8 Å². The molecule has 0 aromatic carbocycles. The van der Waals surface area contributed by atoms with E-state index in [2.05, 4.69) is 59.8 Å². The summed E-state index contributed by atoms with van der Waals surface area (Å²) in [5.74, 6) is 0.859. The first-order valence-electron chi connectivity index (χ1n) is 9.47. The van der Waals surface area contributed by atoms with Crippen molar-refractivity contribution >= 4 is 0 Å². The Hall–Kier alpha value is 0.423. The van der Waals surface area contributed by atoms with Gasteiger partial charge in [0.2, 0.25) is 0 Å². The van der Waals surface area contributed by atoms with Crippen molar-refractivity contribution in [3.8, 4) is 0 Å². The van der Waals surface area contributed by atoms with Crippen molar-refractivity contribution < 1.29 is 51.0 Å². The molecule has 3 heteroatoms. The Kier molecular flexibility index (Phi) is 14.1. The normalized spacial score (nSPS) is 21.2. The molecule has 144 valence electrons. The summed E-state index contributed by atoms with van der Waals surface area (Å²) in [6.45, 7) is 13.2. The third-order valence-electron chi connectivity index (χ3n) is 5.92. The maximum absolute atomic E-state index is 3.59. The van der Waals surface area contributed by atoms with Crippen LogP contribution in [0, 0.1) is 23.5 Å². The van der Waals surface area contributed by atoms with Crippen molar-refractivity contribution in [2.75, 3.05) is 0 Å². The zero-order chi connectivity index (χ0) is 17.0. The number of hydrogen-bond donors (Lipinski definition) is 0. The van der Waals surface area contributed by atoms with E-state index in [9.17, 15) is 0 Å². The molecule has 0 radical (unpaired) electrons. The standard InChI is InChI=1S/C13H19.C10H15.2ClH.Zr/c1-2-11-8-9-13(10-11)12-6-4-3-5-7-12;1-7-6-10(4,5)9(3)8(7)2;;;/h9,12H,2-8H2,1H3;1-5H3;2*1H;/q2*-1;;;+4/p-2. The van der Waals surface area contributed by atoms with Crippen LogP contribution in [0.5, 0.6) is 0 Å². The minimum atomic E-state index is 0. The van der Waals surface area contributed by atoms with Crippen molar-refractivity contribution in [2.24, 2.45) is 11.3 Å². The molecular formula is C23H34Cl2Zr. The van der Waals surface area contributed by atoms with E-state index < -0.39 is 0 Å². The van der Waals surface area contributed by atoms with Gasteiger partial charge in [0.1, 0.15) is 0 Å². The maximum atomic E-state index is 3.59. The molecule has 1 fully saturated rings. The average Bonchev–Trinajstić information content (AvgIpc) is 3.09. The second kappa shape index (κ2) is 12.8. The van der Waals surface area contributed by atoms with Gasteiger partial charge in [-0.3, -0.25) is 6.08 Å². The minimum absolute atomic E-state index is 0. The summed E-state index contributed by atoms with van der Waals surface area (Å²) in [4.78, 5) is 0. The van der Waals surface area contributed by atoms with Crippen LogP contribution in [0.15, 0.2) is 33.9 Å². The molecule has 0 unspecified atom stereocenters. The zero-order valence-electron chi connectivity index (χ0n) is 17.4. The second-order valence-corrected chi connectivity index (χ2v) is 7.91. The van der Waals surface area contributed by atoms with Crippen molar-refractivity contribution in [3.05, 3.63) is 46.1 Å². The summed E-state index contributed by atoms with van der Waals surface area (Å²) >= 11 is 0. The van der Waals surface area contributed by atoms with Crippen LogP contribution in [0.3, 0.4) is 0 Å². The largest absolute Gasteiger partial charge is 4.00 e. The molecule has 0 N–H and O–H groups in total. The molecule has 0 bridgehead atoms. The summed E-state index contributed by atoms with van der Waals surface area (Å²) in [7, 11) is 0. The van der Waals surface area contributed by atoms with Crippen LogP contribution in [0.1, 0.15) is 86.5 Å². The first-order valence-corrected chi connectivity index (χ1v) is 9.47. The Labute approximate surface area is 194 Å². The Balaban J connectivity index is 0. The molecule has 3 aliphatic rings. The van der Waals surface area contributed by atoms with Gasteiger partial charge in [-0.15, -0.1) is 6.92 Å². The fourth-order valence-electron chi connectivity index (χ4n) is 3.86. The molecule has 0 nitrogen and oxygen atoms in total. The number of halogens is 2. The van der Waals surface area contributed by atoms with E-state index in [1.54, 1.807) is 0 Å². The smallest absolute Gasteiger partial charge is 1.00 e. The van der Waals surface area contributed by atoms with Crippen LogP contribution in [0.4, 0.5) is 0 Å². The molecule has 0 aromatic rings. The first kappa shape index (κ1) is 28.6. The Morgan fingerprint density at radius 3 is 1.96 bits per heavy atom. The molecule has 3 aliphatic carbocycles. The fourth-order valence-corrected chi connectivity index (χ4v) is 3.86. The van der Waals surface area contributed by atoms with E-state index in [-0.39, 0.29) is 56.4 Å². The van der Waals surface area contributed by atoms with Crippen LogP contribution >= 0.6 is 0 Å². The van der Waals surface area contributed by atoms with Gasteiger partial charge in [0, 0.05) is 0 Å². The Bertz CT molecular complexity index is 559. The van der Waals surface area contributed by atoms with E-state index in [4.69, 9.17) is 0 Å². The summed E-state index contributed by atoms with van der Waals surface area (Å²) in [6, 6.07) is 0. The molecule has 0 aliphatic heterocycles. The van der Waals surface area contributed by atoms with Gasteiger partial charge >= 0.3 is 26.2 Å². The van der Waals surface area contributed by atoms with Crippen molar-refractivity contribution in [3.63, 3.8) is 0 Å². The molecule has 0 heterocycles. The van der Waals surface area contributed by atoms with Crippen LogP contribution in [0.2, 0.25) is 0 Å². The Morgan fingerprint density at radius 2 is 1.62 bits per heavy atom. The molecule has 26 heavy (non-hydrogen) atoms. The van der Waals surface area contributed by atoms with Gasteiger partial charge in [0.25, 0.3) is 0 Å². The van der Waals surface area contributed by atoms with Crippen molar-refractivity contribution in [1.82, 2.24) is 0 Å². The molecule has 0 spiro atoms. The maximum Gasteiger partial charge on any atom is 4.00 e. The van der Waals surface area contributed by atoms with E-state index >= 15 is 0 Å². The minimum Gasteiger partial charge on any atom is -1.00 e. The van der Waals surface area contributed by atoms with Gasteiger partial charge in [-0.25, -0.2) is 23.3 Å². The predicted molar refractivity (Wildman–Crippen MR) is 101 cm³/mol. The molecule has 0 aromatic heterocycles. The van der Waals surface area contributed by atoms with Crippen LogP contribution in [-0.2, 0) is 26.2 Å². The summed E-state index contributed by atoms with van der Waals surface area (Å²) < 4.78 is 0. The van der Waals surface area contributed by atoms with Crippen molar-refractivity contribution in [2.45, 2.75) is 86.5 Å². The second-order valence-electron chi connectivity index (χ2n) is 7.91. The number of hydrogen-bond acceptors (Lipinski definition) is 0. The number of rotatable bonds is 2. The molecule has 0 atom stereocenters. The van der Waals surface area contributed by atoms with Crippen LogP contribution in [-0.4, -0.2) is 0 Å². The molecule has 0 saturated heterocycles. The summed E-state index contributed by atoms with van der Waals surface area (Å²) in [5, 5.41) is 0. The Morgan fingerprint density at radius 1 is 1.04 bits per heavy atom. The van der Waals surface area contributed by atoms with E-state index in [1.165, 1.54) is 72.8 Å². The topological polar surface area (TPSA) is 0 Å².